The molecule has 1 N–H and O–H groups in total. The molecule has 0 heterocycles. The van der Waals surface area contributed by atoms with Gasteiger partial charge in [-0.3, -0.25) is 0 Å². The van der Waals surface area contributed by atoms with Crippen LogP contribution < -0.4 is 5.32 Å². The Hall–Kier alpha value is -0.150. The first-order valence-corrected chi connectivity index (χ1v) is 7.43. The number of nitrogens with one attached hydrogen (secondary N) is 1. The smallest absolute Gasteiger partial charge is 0.0454 e. The van der Waals surface area contributed by atoms with Crippen molar-refractivity contribution in [2.24, 2.45) is 0 Å². The molecule has 1 nitrogen and oxygen atoms in total. The number of rotatable bonds is 7. The first kappa shape index (κ1) is 14.9. The van der Waals surface area contributed by atoms with Gasteiger partial charge in [-0.2, -0.15) is 11.8 Å². The van der Waals surface area contributed by atoms with Crippen molar-refractivity contribution >= 4 is 35.0 Å². The molecule has 0 radical (unpaired) electrons. The molecule has 1 aromatic rings. The monoisotopic (exact) mass is 289 g/mol. The van der Waals surface area contributed by atoms with E-state index in [-0.39, 0.29) is 6.04 Å². The highest BCUT2D eigenvalue weighted by atomic mass is 35.5. The van der Waals surface area contributed by atoms with Crippen molar-refractivity contribution in [3.05, 3.63) is 46.5 Å². The number of benzene rings is 1. The van der Waals surface area contributed by atoms with Crippen LogP contribution in [-0.2, 0) is 0 Å². The van der Waals surface area contributed by atoms with Gasteiger partial charge in [0, 0.05) is 34.1 Å². The first-order valence-electron chi connectivity index (χ1n) is 5.52. The maximum atomic E-state index is 6.14. The summed E-state index contributed by atoms with van der Waals surface area (Å²) in [5, 5.41) is 4.91. The molecule has 0 saturated heterocycles. The van der Waals surface area contributed by atoms with Crippen LogP contribution in [0, 0.1) is 0 Å². The summed E-state index contributed by atoms with van der Waals surface area (Å²) < 4.78 is 0. The van der Waals surface area contributed by atoms with Gasteiger partial charge in [0.25, 0.3) is 0 Å². The normalized spacial score (nSPS) is 12.4. The molecular weight excluding hydrogens is 273 g/mol. The lowest BCUT2D eigenvalue weighted by molar-refractivity contribution is 0.601. The average molecular weight is 290 g/mol. The highest BCUT2D eigenvalue weighted by Crippen LogP contribution is 2.26. The van der Waals surface area contributed by atoms with Gasteiger partial charge < -0.3 is 5.32 Å². The van der Waals surface area contributed by atoms with Crippen LogP contribution in [0.15, 0.2) is 30.9 Å². The van der Waals surface area contributed by atoms with Crippen LogP contribution in [-0.4, -0.2) is 18.1 Å². The van der Waals surface area contributed by atoms with E-state index >= 15 is 0 Å². The van der Waals surface area contributed by atoms with E-state index in [0.29, 0.717) is 0 Å². The van der Waals surface area contributed by atoms with Crippen molar-refractivity contribution in [2.75, 3.05) is 18.1 Å². The average Bonchev–Trinajstić information content (AvgIpc) is 2.32. The quantitative estimate of drug-likeness (QED) is 0.583. The molecule has 94 valence electrons. The summed E-state index contributed by atoms with van der Waals surface area (Å²) in [6.45, 7) is 6.73. The minimum Gasteiger partial charge on any atom is -0.309 e. The van der Waals surface area contributed by atoms with Crippen LogP contribution in [0.5, 0.6) is 0 Å². The second kappa shape index (κ2) is 8.04. The van der Waals surface area contributed by atoms with E-state index in [0.717, 1.165) is 33.7 Å². The zero-order chi connectivity index (χ0) is 12.7. The van der Waals surface area contributed by atoms with E-state index in [9.17, 15) is 0 Å². The Morgan fingerprint density at radius 3 is 2.94 bits per heavy atom. The zero-order valence-corrected chi connectivity index (χ0v) is 12.2. The fourth-order valence-electron chi connectivity index (χ4n) is 1.47. The van der Waals surface area contributed by atoms with Gasteiger partial charge >= 0.3 is 0 Å². The molecular formula is C13H17Cl2NS. The summed E-state index contributed by atoms with van der Waals surface area (Å²) in [4.78, 5) is 0. The predicted molar refractivity (Wildman–Crippen MR) is 80.4 cm³/mol. The summed E-state index contributed by atoms with van der Waals surface area (Å²) >= 11 is 14.0. The maximum Gasteiger partial charge on any atom is 0.0454 e. The van der Waals surface area contributed by atoms with Gasteiger partial charge in [-0.15, -0.1) is 6.58 Å². The van der Waals surface area contributed by atoms with E-state index in [1.807, 2.05) is 30.0 Å². The summed E-state index contributed by atoms with van der Waals surface area (Å²) in [5.74, 6) is 2.06. The van der Waals surface area contributed by atoms with Gasteiger partial charge in [0.2, 0.25) is 0 Å². The van der Waals surface area contributed by atoms with E-state index in [1.54, 1.807) is 6.07 Å². The number of hydrogen-bond acceptors (Lipinski definition) is 2. The van der Waals surface area contributed by atoms with Crippen LogP contribution in [0.25, 0.3) is 0 Å². The molecule has 1 aromatic carbocycles. The molecule has 0 spiro atoms. The van der Waals surface area contributed by atoms with E-state index in [2.05, 4.69) is 18.8 Å². The molecule has 0 aromatic heterocycles. The van der Waals surface area contributed by atoms with Crippen molar-refractivity contribution in [1.82, 2.24) is 5.32 Å². The van der Waals surface area contributed by atoms with Crippen LogP contribution in [0.2, 0.25) is 10.0 Å². The minimum absolute atomic E-state index is 0.213. The van der Waals surface area contributed by atoms with Gasteiger partial charge in [-0.05, 0) is 30.7 Å². The lowest BCUT2D eigenvalue weighted by Gasteiger charge is -2.15. The van der Waals surface area contributed by atoms with Crippen LogP contribution in [0.1, 0.15) is 18.5 Å². The molecule has 17 heavy (non-hydrogen) atoms. The highest BCUT2D eigenvalue weighted by molar-refractivity contribution is 7.99. The van der Waals surface area contributed by atoms with Crippen molar-refractivity contribution in [1.29, 1.82) is 0 Å². The lowest BCUT2D eigenvalue weighted by atomic mass is 10.1. The number of hydrogen-bond donors (Lipinski definition) is 1. The third kappa shape index (κ3) is 5.35. The fourth-order valence-corrected chi connectivity index (χ4v) is 2.53. The summed E-state index contributed by atoms with van der Waals surface area (Å²) in [6, 6.07) is 5.77. The van der Waals surface area contributed by atoms with Crippen molar-refractivity contribution in [3.63, 3.8) is 0 Å². The molecule has 0 fully saturated rings. The zero-order valence-electron chi connectivity index (χ0n) is 9.88. The Morgan fingerprint density at radius 2 is 2.24 bits per heavy atom. The van der Waals surface area contributed by atoms with Crippen molar-refractivity contribution < 1.29 is 0 Å². The Morgan fingerprint density at radius 1 is 1.47 bits per heavy atom. The first-order chi connectivity index (χ1) is 8.15. The van der Waals surface area contributed by atoms with E-state index < -0.39 is 0 Å². The number of halogens is 2. The van der Waals surface area contributed by atoms with Gasteiger partial charge in [0.15, 0.2) is 0 Å². The van der Waals surface area contributed by atoms with Crippen LogP contribution in [0.3, 0.4) is 0 Å². The third-order valence-corrected chi connectivity index (χ3v) is 3.90. The van der Waals surface area contributed by atoms with Gasteiger partial charge in [-0.1, -0.05) is 29.3 Å². The fraction of sp³-hybridized carbons (Fsp3) is 0.385. The van der Waals surface area contributed by atoms with Crippen molar-refractivity contribution in [3.8, 4) is 0 Å². The molecule has 1 unspecified atom stereocenters. The van der Waals surface area contributed by atoms with E-state index in [1.165, 1.54) is 0 Å². The van der Waals surface area contributed by atoms with Crippen LogP contribution in [0.4, 0.5) is 0 Å². The molecule has 1 atom stereocenters. The molecule has 0 aliphatic carbocycles. The van der Waals surface area contributed by atoms with Gasteiger partial charge in [-0.25, -0.2) is 0 Å². The Kier molecular flexibility index (Phi) is 7.05. The van der Waals surface area contributed by atoms with Crippen molar-refractivity contribution in [2.45, 2.75) is 13.0 Å². The minimum atomic E-state index is 0.213. The Labute approximate surface area is 118 Å². The lowest BCUT2D eigenvalue weighted by Crippen LogP contribution is -2.21. The molecule has 0 saturated carbocycles. The molecule has 0 amide bonds. The Bertz CT molecular complexity index is 368. The second-order valence-corrected chi connectivity index (χ2v) is 5.70. The second-order valence-electron chi connectivity index (χ2n) is 3.71. The maximum absolute atomic E-state index is 6.14. The topological polar surface area (TPSA) is 12.0 Å². The van der Waals surface area contributed by atoms with Gasteiger partial charge in [0.05, 0.1) is 0 Å². The standard InChI is InChI=1S/C13H17Cl2NS/c1-3-7-17-8-6-16-10(2)12-9-11(14)4-5-13(12)15/h3-5,9-10,16H,1,6-8H2,2H3. The molecule has 4 heteroatoms. The molecule has 1 rings (SSSR count). The predicted octanol–water partition coefficient (Wildman–Crippen LogP) is 4.56. The number of thioether (sulfide) groups is 1. The third-order valence-electron chi connectivity index (χ3n) is 2.36. The molecule has 0 aliphatic heterocycles. The Balaban J connectivity index is 2.43. The SMILES string of the molecule is C=CCSCCNC(C)c1cc(Cl)ccc1Cl. The van der Waals surface area contributed by atoms with E-state index in [4.69, 9.17) is 23.2 Å². The summed E-state index contributed by atoms with van der Waals surface area (Å²) in [6.07, 6.45) is 1.92. The largest absolute Gasteiger partial charge is 0.309 e. The summed E-state index contributed by atoms with van der Waals surface area (Å²) in [5.41, 5.74) is 1.05. The molecule has 0 aliphatic rings. The molecule has 0 bridgehead atoms. The highest BCUT2D eigenvalue weighted by Gasteiger charge is 2.09. The van der Waals surface area contributed by atoms with Gasteiger partial charge in [0.1, 0.15) is 0 Å². The summed E-state index contributed by atoms with van der Waals surface area (Å²) in [7, 11) is 0. The van der Waals surface area contributed by atoms with Crippen LogP contribution >= 0.6 is 35.0 Å².